The van der Waals surface area contributed by atoms with Crippen LogP contribution in [0.2, 0.25) is 0 Å². The molecule has 1 N–H and O–H groups in total. The van der Waals surface area contributed by atoms with Crippen molar-refractivity contribution in [2.45, 2.75) is 45.6 Å². The van der Waals surface area contributed by atoms with Crippen molar-refractivity contribution in [3.05, 3.63) is 53.1 Å². The summed E-state index contributed by atoms with van der Waals surface area (Å²) in [5.41, 5.74) is 2.69. The molecule has 26 heavy (non-hydrogen) atoms. The summed E-state index contributed by atoms with van der Waals surface area (Å²) in [4.78, 5) is 23.0. The number of anilines is 1. The molecular weight excluding hydrogens is 331 g/mol. The van der Waals surface area contributed by atoms with Crippen LogP contribution in [0, 0.1) is 5.82 Å². The topological polar surface area (TPSA) is 58.1 Å². The van der Waals surface area contributed by atoms with Crippen molar-refractivity contribution in [1.82, 2.24) is 14.9 Å². The van der Waals surface area contributed by atoms with Crippen LogP contribution in [0.5, 0.6) is 0 Å². The molecule has 1 amide bonds. The van der Waals surface area contributed by atoms with Gasteiger partial charge in [0.15, 0.2) is 0 Å². The first kappa shape index (κ1) is 18.3. The van der Waals surface area contributed by atoms with E-state index in [9.17, 15) is 9.18 Å². The number of hydrogen-bond donors (Lipinski definition) is 1. The van der Waals surface area contributed by atoms with Gasteiger partial charge in [-0.25, -0.2) is 14.4 Å². The molecule has 3 rings (SSSR count). The van der Waals surface area contributed by atoms with Gasteiger partial charge in [-0.2, -0.15) is 0 Å². The van der Waals surface area contributed by atoms with E-state index >= 15 is 0 Å². The van der Waals surface area contributed by atoms with E-state index in [0.717, 1.165) is 30.5 Å². The lowest BCUT2D eigenvalue weighted by atomic mass is 10.1. The number of nitrogens with zero attached hydrogens (tertiary/aromatic N) is 3. The van der Waals surface area contributed by atoms with Crippen LogP contribution < -0.4 is 5.32 Å². The molecule has 6 heteroatoms. The summed E-state index contributed by atoms with van der Waals surface area (Å²) < 4.78 is 13.6. The Morgan fingerprint density at radius 1 is 1.35 bits per heavy atom. The zero-order chi connectivity index (χ0) is 18.4. The smallest absolute Gasteiger partial charge is 0.222 e. The highest BCUT2D eigenvalue weighted by molar-refractivity contribution is 5.76. The van der Waals surface area contributed by atoms with E-state index in [1.54, 1.807) is 18.3 Å². The molecule has 0 atom stereocenters. The Morgan fingerprint density at radius 3 is 3.00 bits per heavy atom. The first-order valence-electron chi connectivity index (χ1n) is 9.27. The van der Waals surface area contributed by atoms with Crippen LogP contribution in [0.15, 0.2) is 30.5 Å². The summed E-state index contributed by atoms with van der Waals surface area (Å²) in [6, 6.07) is 6.78. The standard InChI is InChI=1S/C20H25FN4O/c1-2-3-8-19(26)25-12-10-18-16(14-25)13-23-20(24-18)22-11-9-15-6-4-5-7-17(15)21/h4-7,13H,2-3,8-12,14H2,1H3,(H,22,23,24). The third kappa shape index (κ3) is 4.56. The maximum absolute atomic E-state index is 13.6. The molecule has 0 saturated heterocycles. The number of nitrogens with one attached hydrogen (secondary N) is 1. The van der Waals surface area contributed by atoms with Crippen LogP contribution in [-0.4, -0.2) is 33.9 Å². The summed E-state index contributed by atoms with van der Waals surface area (Å²) in [7, 11) is 0. The predicted octanol–water partition coefficient (Wildman–Crippen LogP) is 3.35. The summed E-state index contributed by atoms with van der Waals surface area (Å²) in [5.74, 6) is 0.587. The van der Waals surface area contributed by atoms with E-state index in [2.05, 4.69) is 22.2 Å². The van der Waals surface area contributed by atoms with Crippen molar-refractivity contribution in [3.8, 4) is 0 Å². The second kappa shape index (κ2) is 8.74. The molecule has 138 valence electrons. The first-order valence-corrected chi connectivity index (χ1v) is 9.27. The molecule has 1 aromatic carbocycles. The van der Waals surface area contributed by atoms with E-state index in [-0.39, 0.29) is 11.7 Å². The third-order valence-corrected chi connectivity index (χ3v) is 4.67. The van der Waals surface area contributed by atoms with Crippen molar-refractivity contribution in [2.24, 2.45) is 0 Å². The van der Waals surface area contributed by atoms with Crippen molar-refractivity contribution >= 4 is 11.9 Å². The predicted molar refractivity (Wildman–Crippen MR) is 99.3 cm³/mol. The highest BCUT2D eigenvalue weighted by Gasteiger charge is 2.21. The van der Waals surface area contributed by atoms with Gasteiger partial charge in [0, 0.05) is 44.2 Å². The van der Waals surface area contributed by atoms with Crippen molar-refractivity contribution in [3.63, 3.8) is 0 Å². The summed E-state index contributed by atoms with van der Waals surface area (Å²) in [6.07, 6.45) is 5.70. The number of rotatable bonds is 7. The van der Waals surface area contributed by atoms with Gasteiger partial charge in [0.25, 0.3) is 0 Å². The maximum atomic E-state index is 13.6. The Bertz CT molecular complexity index is 765. The number of amides is 1. The molecule has 0 fully saturated rings. The molecule has 0 aliphatic carbocycles. The lowest BCUT2D eigenvalue weighted by Crippen LogP contribution is -2.36. The molecule has 1 aliphatic heterocycles. The van der Waals surface area contributed by atoms with Gasteiger partial charge in [0.1, 0.15) is 5.82 Å². The van der Waals surface area contributed by atoms with Gasteiger partial charge in [-0.15, -0.1) is 0 Å². The maximum Gasteiger partial charge on any atom is 0.222 e. The van der Waals surface area contributed by atoms with E-state index in [1.165, 1.54) is 6.07 Å². The highest BCUT2D eigenvalue weighted by atomic mass is 19.1. The summed E-state index contributed by atoms with van der Waals surface area (Å²) in [5, 5.41) is 3.16. The average molecular weight is 356 g/mol. The fourth-order valence-electron chi connectivity index (χ4n) is 3.11. The second-order valence-electron chi connectivity index (χ2n) is 6.60. The number of benzene rings is 1. The number of aromatic nitrogens is 2. The van der Waals surface area contributed by atoms with Gasteiger partial charge >= 0.3 is 0 Å². The Morgan fingerprint density at radius 2 is 2.19 bits per heavy atom. The van der Waals surface area contributed by atoms with Crippen LogP contribution >= 0.6 is 0 Å². The molecule has 5 nitrogen and oxygen atoms in total. The Kier molecular flexibility index (Phi) is 6.15. The highest BCUT2D eigenvalue weighted by Crippen LogP contribution is 2.19. The van der Waals surface area contributed by atoms with Crippen LogP contribution in [0.3, 0.4) is 0 Å². The number of unbranched alkanes of at least 4 members (excludes halogenated alkanes) is 1. The monoisotopic (exact) mass is 356 g/mol. The molecule has 0 bridgehead atoms. The van der Waals surface area contributed by atoms with Gasteiger partial charge in [0.2, 0.25) is 11.9 Å². The zero-order valence-electron chi connectivity index (χ0n) is 15.2. The SMILES string of the molecule is CCCCC(=O)N1CCc2nc(NCCc3ccccc3F)ncc2C1. The average Bonchev–Trinajstić information content (AvgIpc) is 2.67. The molecule has 2 heterocycles. The van der Waals surface area contributed by atoms with Crippen LogP contribution in [0.4, 0.5) is 10.3 Å². The molecular formula is C20H25FN4O. The molecule has 2 aromatic rings. The van der Waals surface area contributed by atoms with E-state index in [1.807, 2.05) is 11.0 Å². The lowest BCUT2D eigenvalue weighted by Gasteiger charge is -2.28. The Hall–Kier alpha value is -2.50. The van der Waals surface area contributed by atoms with E-state index in [4.69, 9.17) is 0 Å². The molecule has 1 aliphatic rings. The molecule has 1 aromatic heterocycles. The van der Waals surface area contributed by atoms with Gasteiger partial charge in [0.05, 0.1) is 5.69 Å². The van der Waals surface area contributed by atoms with Crippen LogP contribution in [0.1, 0.15) is 43.0 Å². The van der Waals surface area contributed by atoms with E-state index < -0.39 is 0 Å². The fourth-order valence-corrected chi connectivity index (χ4v) is 3.11. The minimum Gasteiger partial charge on any atom is -0.354 e. The largest absolute Gasteiger partial charge is 0.354 e. The first-order chi connectivity index (χ1) is 12.7. The van der Waals surface area contributed by atoms with Gasteiger partial charge < -0.3 is 10.2 Å². The summed E-state index contributed by atoms with van der Waals surface area (Å²) >= 11 is 0. The Labute approximate surface area is 153 Å². The van der Waals surface area contributed by atoms with E-state index in [0.29, 0.717) is 44.0 Å². The van der Waals surface area contributed by atoms with Crippen molar-refractivity contribution in [1.29, 1.82) is 0 Å². The third-order valence-electron chi connectivity index (χ3n) is 4.67. The molecule has 0 unspecified atom stereocenters. The minimum atomic E-state index is -0.187. The fraction of sp³-hybridized carbons (Fsp3) is 0.450. The van der Waals surface area contributed by atoms with Gasteiger partial charge in [-0.1, -0.05) is 31.5 Å². The minimum absolute atomic E-state index is 0.187. The quantitative estimate of drug-likeness (QED) is 0.827. The molecule has 0 saturated carbocycles. The van der Waals surface area contributed by atoms with Crippen LogP contribution in [0.25, 0.3) is 0 Å². The Balaban J connectivity index is 1.55. The number of hydrogen-bond acceptors (Lipinski definition) is 4. The van der Waals surface area contributed by atoms with Crippen molar-refractivity contribution < 1.29 is 9.18 Å². The molecule has 0 radical (unpaired) electrons. The number of fused-ring (bicyclic) bond motifs is 1. The second-order valence-corrected chi connectivity index (χ2v) is 6.60. The normalized spacial score (nSPS) is 13.4. The zero-order valence-corrected chi connectivity index (χ0v) is 15.2. The van der Waals surface area contributed by atoms with Crippen molar-refractivity contribution in [2.75, 3.05) is 18.4 Å². The van der Waals surface area contributed by atoms with Gasteiger partial charge in [-0.3, -0.25) is 4.79 Å². The van der Waals surface area contributed by atoms with Gasteiger partial charge in [-0.05, 0) is 24.5 Å². The number of halogens is 1. The summed E-state index contributed by atoms with van der Waals surface area (Å²) in [6.45, 7) is 3.96. The molecule has 0 spiro atoms. The lowest BCUT2D eigenvalue weighted by molar-refractivity contribution is -0.132. The number of carbonyl (C=O) groups excluding carboxylic acids is 1. The van der Waals surface area contributed by atoms with Crippen LogP contribution in [-0.2, 0) is 24.2 Å². The number of carbonyl (C=O) groups is 1.